The number of para-hydroxylation sites is 2. The lowest BCUT2D eigenvalue weighted by Crippen LogP contribution is -2.56. The van der Waals surface area contributed by atoms with E-state index in [-0.39, 0.29) is 30.2 Å². The Hall–Kier alpha value is -3.39. The molecule has 204 valence electrons. The highest BCUT2D eigenvalue weighted by Crippen LogP contribution is 2.29. The molecule has 0 N–H and O–H groups in total. The number of hydrogen-bond donors (Lipinski definition) is 0. The van der Waals surface area contributed by atoms with Crippen molar-refractivity contribution >= 4 is 23.4 Å². The van der Waals surface area contributed by atoms with E-state index in [9.17, 15) is 14.4 Å². The minimum atomic E-state index is -0.179. The van der Waals surface area contributed by atoms with Crippen molar-refractivity contribution in [2.45, 2.75) is 46.7 Å². The van der Waals surface area contributed by atoms with Gasteiger partial charge in [-0.2, -0.15) is 0 Å². The van der Waals surface area contributed by atoms with Crippen LogP contribution < -0.4 is 9.64 Å². The number of fused-ring (bicyclic) bond motifs is 1. The Morgan fingerprint density at radius 1 is 0.921 bits per heavy atom. The molecule has 0 unspecified atom stereocenters. The van der Waals surface area contributed by atoms with E-state index in [1.54, 1.807) is 11.8 Å². The molecule has 2 aliphatic rings. The predicted molar refractivity (Wildman–Crippen MR) is 148 cm³/mol. The highest BCUT2D eigenvalue weighted by atomic mass is 16.5. The van der Waals surface area contributed by atoms with Gasteiger partial charge < -0.3 is 19.4 Å². The van der Waals surface area contributed by atoms with E-state index >= 15 is 0 Å². The number of hydrogen-bond acceptors (Lipinski definition) is 5. The van der Waals surface area contributed by atoms with Crippen LogP contribution in [-0.2, 0) is 20.9 Å². The highest BCUT2D eigenvalue weighted by molar-refractivity contribution is 5.96. The van der Waals surface area contributed by atoms with Gasteiger partial charge in [-0.05, 0) is 50.5 Å². The van der Waals surface area contributed by atoms with Gasteiger partial charge in [0, 0.05) is 58.8 Å². The number of benzene rings is 2. The minimum Gasteiger partial charge on any atom is -0.484 e. The summed E-state index contributed by atoms with van der Waals surface area (Å²) in [7, 11) is 0. The summed E-state index contributed by atoms with van der Waals surface area (Å²) in [6.07, 6.45) is 0.813. The summed E-state index contributed by atoms with van der Waals surface area (Å²) >= 11 is 0. The Labute approximate surface area is 226 Å². The molecule has 2 aromatic carbocycles. The van der Waals surface area contributed by atoms with Crippen LogP contribution in [0.3, 0.4) is 0 Å². The summed E-state index contributed by atoms with van der Waals surface area (Å²) in [5, 5.41) is 0. The first-order chi connectivity index (χ1) is 18.2. The molecule has 0 saturated carbocycles. The monoisotopic (exact) mass is 520 g/mol. The predicted octanol–water partition coefficient (Wildman–Crippen LogP) is 3.33. The molecule has 1 fully saturated rings. The van der Waals surface area contributed by atoms with Gasteiger partial charge in [-0.3, -0.25) is 19.3 Å². The average Bonchev–Trinajstić information content (AvgIpc) is 2.89. The number of anilines is 1. The zero-order chi connectivity index (χ0) is 27.2. The zero-order valence-corrected chi connectivity index (χ0v) is 23.1. The molecule has 2 aromatic rings. The van der Waals surface area contributed by atoms with Crippen molar-refractivity contribution in [2.24, 2.45) is 5.92 Å². The fraction of sp³-hybridized carbons (Fsp3) is 0.500. The van der Waals surface area contributed by atoms with E-state index in [0.717, 1.165) is 36.3 Å². The lowest BCUT2D eigenvalue weighted by Gasteiger charge is -2.40. The second-order valence-corrected chi connectivity index (χ2v) is 10.6. The third-order valence-electron chi connectivity index (χ3n) is 7.56. The number of ether oxygens (including phenoxy) is 1. The van der Waals surface area contributed by atoms with Crippen LogP contribution in [0.2, 0.25) is 0 Å². The van der Waals surface area contributed by atoms with Gasteiger partial charge in [0.1, 0.15) is 5.75 Å². The number of rotatable bonds is 5. The SMILES string of the molecule is CC(=O)N1CC(C(=O)N2CCN(C(C)C)CCCN(C(=O)COc3ccccc3)c3c(C)cccc3C2)C1. The van der Waals surface area contributed by atoms with E-state index < -0.39 is 0 Å². The van der Waals surface area contributed by atoms with Gasteiger partial charge in [-0.1, -0.05) is 36.4 Å². The molecule has 3 amide bonds. The van der Waals surface area contributed by atoms with Crippen molar-refractivity contribution in [3.05, 3.63) is 59.7 Å². The standard InChI is InChI=1S/C30H40N4O4/c1-22(2)31-14-9-15-34(28(36)21-38-27-12-6-5-7-13-27)29-23(3)10-8-11-25(29)18-32(17-16-31)30(37)26-19-33(20-26)24(4)35/h5-8,10-13,22,26H,9,14-21H2,1-4H3. The summed E-state index contributed by atoms with van der Waals surface area (Å²) in [5.41, 5.74) is 2.81. The van der Waals surface area contributed by atoms with E-state index in [4.69, 9.17) is 4.74 Å². The quantitative estimate of drug-likeness (QED) is 0.605. The zero-order valence-electron chi connectivity index (χ0n) is 23.1. The number of carbonyl (C=O) groups is 3. The van der Waals surface area contributed by atoms with E-state index in [1.807, 2.05) is 65.3 Å². The van der Waals surface area contributed by atoms with Crippen LogP contribution in [0, 0.1) is 12.8 Å². The van der Waals surface area contributed by atoms with Crippen LogP contribution in [0.1, 0.15) is 38.3 Å². The fourth-order valence-corrected chi connectivity index (χ4v) is 5.27. The summed E-state index contributed by atoms with van der Waals surface area (Å²) in [4.78, 5) is 46.8. The largest absolute Gasteiger partial charge is 0.484 e. The van der Waals surface area contributed by atoms with Crippen LogP contribution in [0.4, 0.5) is 5.69 Å². The first-order valence-corrected chi connectivity index (χ1v) is 13.6. The lowest BCUT2D eigenvalue weighted by atomic mass is 9.97. The molecule has 8 nitrogen and oxygen atoms in total. The van der Waals surface area contributed by atoms with Crippen molar-refractivity contribution in [1.29, 1.82) is 0 Å². The molecule has 38 heavy (non-hydrogen) atoms. The Bertz CT molecular complexity index is 1130. The molecule has 4 rings (SSSR count). The average molecular weight is 521 g/mol. The fourth-order valence-electron chi connectivity index (χ4n) is 5.27. The summed E-state index contributed by atoms with van der Waals surface area (Å²) in [6.45, 7) is 12.0. The Balaban J connectivity index is 1.62. The number of aryl methyl sites for hydroxylation is 1. The first kappa shape index (κ1) is 27.6. The maximum Gasteiger partial charge on any atom is 0.264 e. The van der Waals surface area contributed by atoms with Gasteiger partial charge in [0.25, 0.3) is 5.91 Å². The molecule has 0 radical (unpaired) electrons. The third kappa shape index (κ3) is 6.54. The molecule has 0 atom stereocenters. The normalized spacial score (nSPS) is 17.4. The Morgan fingerprint density at radius 2 is 1.66 bits per heavy atom. The van der Waals surface area contributed by atoms with Crippen LogP contribution in [0.5, 0.6) is 5.75 Å². The van der Waals surface area contributed by atoms with Crippen molar-refractivity contribution in [3.8, 4) is 5.75 Å². The highest BCUT2D eigenvalue weighted by Gasteiger charge is 2.37. The maximum absolute atomic E-state index is 13.6. The molecule has 0 aliphatic carbocycles. The van der Waals surface area contributed by atoms with Gasteiger partial charge >= 0.3 is 0 Å². The smallest absolute Gasteiger partial charge is 0.264 e. The van der Waals surface area contributed by atoms with Crippen LogP contribution in [0.15, 0.2) is 48.5 Å². The Kier molecular flexibility index (Phi) is 9.05. The number of amides is 3. The van der Waals surface area contributed by atoms with Gasteiger partial charge in [-0.15, -0.1) is 0 Å². The summed E-state index contributed by atoms with van der Waals surface area (Å²) in [6, 6.07) is 15.7. The second kappa shape index (κ2) is 12.4. The molecule has 1 saturated heterocycles. The first-order valence-electron chi connectivity index (χ1n) is 13.6. The molecule has 2 heterocycles. The van der Waals surface area contributed by atoms with Crippen molar-refractivity contribution < 1.29 is 19.1 Å². The van der Waals surface area contributed by atoms with Crippen molar-refractivity contribution in [3.63, 3.8) is 0 Å². The summed E-state index contributed by atoms with van der Waals surface area (Å²) in [5.74, 6) is 0.454. The number of likely N-dealkylation sites (tertiary alicyclic amines) is 1. The van der Waals surface area contributed by atoms with Crippen LogP contribution >= 0.6 is 0 Å². The molecular weight excluding hydrogens is 480 g/mol. The van der Waals surface area contributed by atoms with Gasteiger partial charge in [0.2, 0.25) is 11.8 Å². The van der Waals surface area contributed by atoms with Gasteiger partial charge in [0.05, 0.1) is 11.6 Å². The van der Waals surface area contributed by atoms with E-state index in [1.165, 1.54) is 0 Å². The van der Waals surface area contributed by atoms with Crippen LogP contribution in [0.25, 0.3) is 0 Å². The molecule has 0 bridgehead atoms. The third-order valence-corrected chi connectivity index (χ3v) is 7.56. The minimum absolute atomic E-state index is 0.00493. The van der Waals surface area contributed by atoms with Crippen molar-refractivity contribution in [2.75, 3.05) is 50.8 Å². The van der Waals surface area contributed by atoms with Gasteiger partial charge in [0.15, 0.2) is 6.61 Å². The van der Waals surface area contributed by atoms with E-state index in [0.29, 0.717) is 44.5 Å². The molecule has 0 spiro atoms. The Morgan fingerprint density at radius 3 is 2.34 bits per heavy atom. The number of nitrogens with zero attached hydrogens (tertiary/aromatic N) is 4. The van der Waals surface area contributed by atoms with Crippen molar-refractivity contribution in [1.82, 2.24) is 14.7 Å². The molecule has 0 aromatic heterocycles. The maximum atomic E-state index is 13.6. The summed E-state index contributed by atoms with van der Waals surface area (Å²) < 4.78 is 5.83. The lowest BCUT2D eigenvalue weighted by molar-refractivity contribution is -0.148. The number of carbonyl (C=O) groups excluding carboxylic acids is 3. The van der Waals surface area contributed by atoms with Gasteiger partial charge in [-0.25, -0.2) is 0 Å². The molecular formula is C30H40N4O4. The second-order valence-electron chi connectivity index (χ2n) is 10.6. The van der Waals surface area contributed by atoms with E-state index in [2.05, 4.69) is 18.7 Å². The topological polar surface area (TPSA) is 73.4 Å². The molecule has 2 aliphatic heterocycles. The molecule has 8 heteroatoms. The van der Waals surface area contributed by atoms with Crippen LogP contribution in [-0.4, -0.2) is 84.3 Å².